The fourth-order valence-corrected chi connectivity index (χ4v) is 2.97. The Hall–Kier alpha value is -2.21. The molecule has 0 saturated heterocycles. The fraction of sp³-hybridized carbons (Fsp3) is 0.526. The van der Waals surface area contributed by atoms with E-state index in [0.717, 1.165) is 17.1 Å². The van der Waals surface area contributed by atoms with Gasteiger partial charge in [-0.05, 0) is 53.2 Å². The Kier molecular flexibility index (Phi) is 5.95. The highest BCUT2D eigenvalue weighted by molar-refractivity contribution is 5.96. The summed E-state index contributed by atoms with van der Waals surface area (Å²) in [7, 11) is 0. The van der Waals surface area contributed by atoms with Crippen LogP contribution in [0.2, 0.25) is 0 Å². The SMILES string of the molecule is Cc1nn(C(C)(C)C)c(C)c1C(=O)NC[C@H](CO)Cc1ccccn1. The van der Waals surface area contributed by atoms with E-state index in [1.54, 1.807) is 6.20 Å². The quantitative estimate of drug-likeness (QED) is 0.842. The third-order valence-electron chi connectivity index (χ3n) is 4.19. The van der Waals surface area contributed by atoms with E-state index in [4.69, 9.17) is 0 Å². The molecule has 2 aromatic rings. The van der Waals surface area contributed by atoms with Crippen molar-refractivity contribution in [2.45, 2.75) is 46.6 Å². The monoisotopic (exact) mass is 344 g/mol. The van der Waals surface area contributed by atoms with Gasteiger partial charge in [0.15, 0.2) is 0 Å². The van der Waals surface area contributed by atoms with Crippen LogP contribution < -0.4 is 5.32 Å². The summed E-state index contributed by atoms with van der Waals surface area (Å²) in [4.78, 5) is 16.9. The molecule has 25 heavy (non-hydrogen) atoms. The summed E-state index contributed by atoms with van der Waals surface area (Å²) in [6, 6.07) is 5.70. The standard InChI is InChI=1S/C19H28N4O2/c1-13-17(14(2)23(22-13)19(3,4)5)18(25)21-11-15(12-24)10-16-8-6-7-9-20-16/h6-9,15,24H,10-12H2,1-5H3,(H,21,25)/t15-/m1/s1. The Balaban J connectivity index is 2.06. The zero-order valence-corrected chi connectivity index (χ0v) is 15.7. The van der Waals surface area contributed by atoms with Crippen LogP contribution in [-0.4, -0.2) is 38.9 Å². The number of aliphatic hydroxyl groups is 1. The van der Waals surface area contributed by atoms with Crippen LogP contribution in [-0.2, 0) is 12.0 Å². The molecule has 1 amide bonds. The predicted molar refractivity (Wildman–Crippen MR) is 97.5 cm³/mol. The van der Waals surface area contributed by atoms with E-state index >= 15 is 0 Å². The number of pyridine rings is 1. The van der Waals surface area contributed by atoms with Gasteiger partial charge in [-0.1, -0.05) is 6.07 Å². The molecule has 2 rings (SSSR count). The topological polar surface area (TPSA) is 80.0 Å². The second kappa shape index (κ2) is 7.78. The van der Waals surface area contributed by atoms with Gasteiger partial charge in [-0.2, -0.15) is 5.10 Å². The maximum Gasteiger partial charge on any atom is 0.255 e. The van der Waals surface area contributed by atoms with Crippen LogP contribution in [0.4, 0.5) is 0 Å². The van der Waals surface area contributed by atoms with Crippen molar-refractivity contribution in [1.29, 1.82) is 0 Å². The number of nitrogens with zero attached hydrogens (tertiary/aromatic N) is 3. The van der Waals surface area contributed by atoms with Gasteiger partial charge in [0.25, 0.3) is 5.91 Å². The van der Waals surface area contributed by atoms with Crippen LogP contribution in [0.5, 0.6) is 0 Å². The predicted octanol–water partition coefficient (Wildman–Crippen LogP) is 2.23. The van der Waals surface area contributed by atoms with Crippen LogP contribution in [0.25, 0.3) is 0 Å². The summed E-state index contributed by atoms with van der Waals surface area (Å²) in [5.74, 6) is -0.220. The number of aromatic nitrogens is 3. The zero-order chi connectivity index (χ0) is 18.6. The van der Waals surface area contributed by atoms with Crippen molar-refractivity contribution < 1.29 is 9.90 Å². The lowest BCUT2D eigenvalue weighted by Crippen LogP contribution is -2.33. The number of nitrogens with one attached hydrogen (secondary N) is 1. The highest BCUT2D eigenvalue weighted by Gasteiger charge is 2.24. The molecule has 0 saturated carbocycles. The summed E-state index contributed by atoms with van der Waals surface area (Å²) in [6.07, 6.45) is 2.35. The zero-order valence-electron chi connectivity index (χ0n) is 15.7. The van der Waals surface area contributed by atoms with E-state index in [-0.39, 0.29) is 24.0 Å². The lowest BCUT2D eigenvalue weighted by Gasteiger charge is -2.21. The first kappa shape index (κ1) is 19.1. The van der Waals surface area contributed by atoms with Crippen molar-refractivity contribution in [3.05, 3.63) is 47.0 Å². The third kappa shape index (κ3) is 4.66. The summed E-state index contributed by atoms with van der Waals surface area (Å²) >= 11 is 0. The summed E-state index contributed by atoms with van der Waals surface area (Å²) < 4.78 is 1.88. The molecule has 0 aromatic carbocycles. The van der Waals surface area contributed by atoms with Crippen molar-refractivity contribution >= 4 is 5.91 Å². The van der Waals surface area contributed by atoms with E-state index < -0.39 is 0 Å². The Morgan fingerprint density at radius 1 is 1.32 bits per heavy atom. The molecular weight excluding hydrogens is 316 g/mol. The van der Waals surface area contributed by atoms with Crippen molar-refractivity contribution in [3.8, 4) is 0 Å². The molecule has 0 aliphatic carbocycles. The molecule has 136 valence electrons. The van der Waals surface area contributed by atoms with E-state index in [9.17, 15) is 9.90 Å². The normalized spacial score (nSPS) is 12.9. The van der Waals surface area contributed by atoms with Gasteiger partial charge in [0.1, 0.15) is 0 Å². The summed E-state index contributed by atoms with van der Waals surface area (Å²) in [6.45, 7) is 10.3. The van der Waals surface area contributed by atoms with Crippen LogP contribution in [0.1, 0.15) is 48.2 Å². The minimum absolute atomic E-state index is 0.00390. The molecule has 0 radical (unpaired) electrons. The van der Waals surface area contributed by atoms with E-state index in [2.05, 4.69) is 36.2 Å². The van der Waals surface area contributed by atoms with Gasteiger partial charge in [-0.25, -0.2) is 0 Å². The Morgan fingerprint density at radius 3 is 2.56 bits per heavy atom. The van der Waals surface area contributed by atoms with Gasteiger partial charge in [-0.15, -0.1) is 0 Å². The molecule has 0 bridgehead atoms. The molecule has 0 unspecified atom stereocenters. The molecule has 1 atom stereocenters. The molecule has 6 nitrogen and oxygen atoms in total. The Bertz CT molecular complexity index is 717. The second-order valence-electron chi connectivity index (χ2n) is 7.41. The number of hydrogen-bond donors (Lipinski definition) is 2. The first-order valence-electron chi connectivity index (χ1n) is 8.59. The first-order chi connectivity index (χ1) is 11.7. The van der Waals surface area contributed by atoms with Crippen LogP contribution >= 0.6 is 0 Å². The van der Waals surface area contributed by atoms with Crippen LogP contribution in [0, 0.1) is 19.8 Å². The minimum Gasteiger partial charge on any atom is -0.396 e. The molecule has 2 aromatic heterocycles. The van der Waals surface area contributed by atoms with Crippen LogP contribution in [0.15, 0.2) is 24.4 Å². The second-order valence-corrected chi connectivity index (χ2v) is 7.41. The lowest BCUT2D eigenvalue weighted by atomic mass is 10.0. The van der Waals surface area contributed by atoms with Crippen LogP contribution in [0.3, 0.4) is 0 Å². The molecular formula is C19H28N4O2. The summed E-state index contributed by atoms with van der Waals surface area (Å²) in [5, 5.41) is 17.0. The smallest absolute Gasteiger partial charge is 0.255 e. The average molecular weight is 344 g/mol. The maximum absolute atomic E-state index is 12.6. The van der Waals surface area contributed by atoms with Gasteiger partial charge in [0.05, 0.1) is 16.8 Å². The van der Waals surface area contributed by atoms with Crippen molar-refractivity contribution in [2.24, 2.45) is 5.92 Å². The molecule has 6 heteroatoms. The van der Waals surface area contributed by atoms with Gasteiger partial charge in [-0.3, -0.25) is 14.5 Å². The Labute approximate surface area is 149 Å². The average Bonchev–Trinajstić information content (AvgIpc) is 2.87. The molecule has 2 N–H and O–H groups in total. The molecule has 0 aliphatic rings. The number of carbonyl (C=O) groups excluding carboxylic acids is 1. The molecule has 0 spiro atoms. The lowest BCUT2D eigenvalue weighted by molar-refractivity contribution is 0.0938. The van der Waals surface area contributed by atoms with Crippen molar-refractivity contribution in [3.63, 3.8) is 0 Å². The highest BCUT2D eigenvalue weighted by Crippen LogP contribution is 2.21. The Morgan fingerprint density at radius 2 is 2.04 bits per heavy atom. The maximum atomic E-state index is 12.6. The third-order valence-corrected chi connectivity index (χ3v) is 4.19. The minimum atomic E-state index is -0.181. The van der Waals surface area contributed by atoms with Gasteiger partial charge >= 0.3 is 0 Å². The van der Waals surface area contributed by atoms with Gasteiger partial charge in [0.2, 0.25) is 0 Å². The van der Waals surface area contributed by atoms with E-state index in [0.29, 0.717) is 18.5 Å². The first-order valence-corrected chi connectivity index (χ1v) is 8.59. The molecule has 2 heterocycles. The van der Waals surface area contributed by atoms with E-state index in [1.165, 1.54) is 0 Å². The van der Waals surface area contributed by atoms with Crippen molar-refractivity contribution in [2.75, 3.05) is 13.2 Å². The summed E-state index contributed by atoms with van der Waals surface area (Å²) in [5.41, 5.74) is 2.91. The van der Waals surface area contributed by atoms with Gasteiger partial charge in [0, 0.05) is 36.7 Å². The number of hydrogen-bond acceptors (Lipinski definition) is 4. The van der Waals surface area contributed by atoms with Crippen molar-refractivity contribution in [1.82, 2.24) is 20.1 Å². The molecule has 0 aliphatic heterocycles. The fourth-order valence-electron chi connectivity index (χ4n) is 2.97. The largest absolute Gasteiger partial charge is 0.396 e. The number of amides is 1. The number of carbonyl (C=O) groups is 1. The molecule has 0 fully saturated rings. The highest BCUT2D eigenvalue weighted by atomic mass is 16.3. The van der Waals surface area contributed by atoms with E-state index in [1.807, 2.05) is 36.7 Å². The number of aryl methyl sites for hydroxylation is 1. The van der Waals surface area contributed by atoms with Gasteiger partial charge < -0.3 is 10.4 Å². The number of rotatable bonds is 6. The number of aliphatic hydroxyl groups excluding tert-OH is 1.